The summed E-state index contributed by atoms with van der Waals surface area (Å²) in [6, 6.07) is 0. The van der Waals surface area contributed by atoms with Gasteiger partial charge in [-0.25, -0.2) is 0 Å². The van der Waals surface area contributed by atoms with Crippen molar-refractivity contribution in [3.63, 3.8) is 0 Å². The molecule has 0 aromatic carbocycles. The number of halogens is 1. The minimum atomic E-state index is 0. The minimum Gasteiger partial charge on any atom is -0.382 e. The molecule has 0 amide bonds. The maximum atomic E-state index is 5.32. The number of hydrogen-bond acceptors (Lipinski definition) is 3. The summed E-state index contributed by atoms with van der Waals surface area (Å²) in [7, 11) is 6.02. The van der Waals surface area contributed by atoms with Gasteiger partial charge in [0, 0.05) is 39.9 Å². The van der Waals surface area contributed by atoms with E-state index < -0.39 is 0 Å². The van der Waals surface area contributed by atoms with Crippen molar-refractivity contribution in [2.45, 2.75) is 33.6 Å². The van der Waals surface area contributed by atoms with Crippen molar-refractivity contribution in [1.82, 2.24) is 15.5 Å². The van der Waals surface area contributed by atoms with E-state index >= 15 is 0 Å². The quantitative estimate of drug-likeness (QED) is 0.249. The number of guanidine groups is 1. The molecule has 0 bridgehead atoms. The summed E-state index contributed by atoms with van der Waals surface area (Å²) in [4.78, 5) is 6.47. The molecule has 0 unspecified atom stereocenters. The molecule has 5 nitrogen and oxygen atoms in total. The molecule has 0 aliphatic heterocycles. The van der Waals surface area contributed by atoms with Gasteiger partial charge in [0.25, 0.3) is 0 Å². The number of rotatable bonds is 10. The third-order valence-electron chi connectivity index (χ3n) is 2.91. The van der Waals surface area contributed by atoms with Crippen LogP contribution in [0.25, 0.3) is 0 Å². The fourth-order valence-electron chi connectivity index (χ4n) is 2.14. The molecular weight excluding hydrogens is 379 g/mol. The maximum Gasteiger partial charge on any atom is 0.190 e. The highest BCUT2D eigenvalue weighted by atomic mass is 127. The van der Waals surface area contributed by atoms with E-state index in [2.05, 4.69) is 48.5 Å². The summed E-state index contributed by atoms with van der Waals surface area (Å²) in [5, 5.41) is 6.74. The van der Waals surface area contributed by atoms with Crippen molar-refractivity contribution in [3.8, 4) is 0 Å². The Morgan fingerprint density at radius 2 is 1.86 bits per heavy atom. The number of nitrogens with zero attached hydrogens (tertiary/aromatic N) is 2. The highest BCUT2D eigenvalue weighted by Crippen LogP contribution is 2.13. The number of nitrogens with one attached hydrogen (secondary N) is 2. The van der Waals surface area contributed by atoms with Crippen molar-refractivity contribution in [2.75, 3.05) is 54.0 Å². The SMILES string of the molecule is CCOCCCCNC(=NC)NCC(C)(C)CN(C)C.I. The summed E-state index contributed by atoms with van der Waals surface area (Å²) in [5.41, 5.74) is 0.218. The van der Waals surface area contributed by atoms with E-state index in [1.165, 1.54) is 0 Å². The molecule has 21 heavy (non-hydrogen) atoms. The molecule has 0 aromatic rings. The number of hydrogen-bond donors (Lipinski definition) is 2. The molecule has 0 radical (unpaired) electrons. The Labute approximate surface area is 148 Å². The Bertz CT molecular complexity index is 270. The molecule has 0 aromatic heterocycles. The van der Waals surface area contributed by atoms with Gasteiger partial charge in [-0.15, -0.1) is 24.0 Å². The fraction of sp³-hybridized carbons (Fsp3) is 0.933. The lowest BCUT2D eigenvalue weighted by Crippen LogP contribution is -2.45. The summed E-state index contributed by atoms with van der Waals surface area (Å²) < 4.78 is 5.32. The van der Waals surface area contributed by atoms with Gasteiger partial charge in [0.05, 0.1) is 0 Å². The van der Waals surface area contributed by atoms with Gasteiger partial charge in [-0.2, -0.15) is 0 Å². The summed E-state index contributed by atoms with van der Waals surface area (Å²) in [6.45, 7) is 11.1. The molecule has 0 fully saturated rings. The van der Waals surface area contributed by atoms with Gasteiger partial charge < -0.3 is 20.3 Å². The van der Waals surface area contributed by atoms with E-state index in [0.29, 0.717) is 0 Å². The maximum absolute atomic E-state index is 5.32. The van der Waals surface area contributed by atoms with Gasteiger partial charge in [0.15, 0.2) is 5.96 Å². The highest BCUT2D eigenvalue weighted by molar-refractivity contribution is 14.0. The molecular formula is C15H35IN4O. The first kappa shape index (κ1) is 23.2. The highest BCUT2D eigenvalue weighted by Gasteiger charge is 2.19. The Kier molecular flexibility index (Phi) is 15.0. The average Bonchev–Trinajstić information content (AvgIpc) is 2.35. The molecule has 0 aliphatic rings. The van der Waals surface area contributed by atoms with E-state index in [-0.39, 0.29) is 29.4 Å². The van der Waals surface area contributed by atoms with Crippen LogP contribution in [0.2, 0.25) is 0 Å². The van der Waals surface area contributed by atoms with E-state index in [0.717, 1.165) is 51.6 Å². The van der Waals surface area contributed by atoms with E-state index in [1.807, 2.05) is 14.0 Å². The topological polar surface area (TPSA) is 48.9 Å². The van der Waals surface area contributed by atoms with Gasteiger partial charge in [0.1, 0.15) is 0 Å². The van der Waals surface area contributed by atoms with Crippen LogP contribution in [0.5, 0.6) is 0 Å². The van der Waals surface area contributed by atoms with Crippen LogP contribution in [0.3, 0.4) is 0 Å². The Morgan fingerprint density at radius 1 is 1.19 bits per heavy atom. The van der Waals surface area contributed by atoms with Crippen molar-refractivity contribution in [3.05, 3.63) is 0 Å². The average molecular weight is 414 g/mol. The molecule has 0 saturated carbocycles. The second-order valence-electron chi connectivity index (χ2n) is 6.16. The van der Waals surface area contributed by atoms with Crippen molar-refractivity contribution >= 4 is 29.9 Å². The Morgan fingerprint density at radius 3 is 2.38 bits per heavy atom. The second-order valence-corrected chi connectivity index (χ2v) is 6.16. The molecule has 2 N–H and O–H groups in total. The van der Waals surface area contributed by atoms with Gasteiger partial charge in [-0.05, 0) is 39.3 Å². The van der Waals surface area contributed by atoms with Crippen LogP contribution in [0.15, 0.2) is 4.99 Å². The first-order valence-corrected chi connectivity index (χ1v) is 7.58. The molecule has 0 heterocycles. The van der Waals surface area contributed by atoms with Gasteiger partial charge in [-0.3, -0.25) is 4.99 Å². The van der Waals surface area contributed by atoms with E-state index in [4.69, 9.17) is 4.74 Å². The van der Waals surface area contributed by atoms with Gasteiger partial charge in [0.2, 0.25) is 0 Å². The smallest absolute Gasteiger partial charge is 0.190 e. The Balaban J connectivity index is 0. The number of unbranched alkanes of at least 4 members (excludes halogenated alkanes) is 1. The lowest BCUT2D eigenvalue weighted by Gasteiger charge is -2.29. The zero-order valence-corrected chi connectivity index (χ0v) is 17.0. The summed E-state index contributed by atoms with van der Waals surface area (Å²) in [5.74, 6) is 0.883. The Hall–Kier alpha value is -0.0800. The van der Waals surface area contributed by atoms with Crippen molar-refractivity contribution in [2.24, 2.45) is 10.4 Å². The van der Waals surface area contributed by atoms with E-state index in [9.17, 15) is 0 Å². The molecule has 128 valence electrons. The third-order valence-corrected chi connectivity index (χ3v) is 2.91. The van der Waals surface area contributed by atoms with Crippen molar-refractivity contribution < 1.29 is 4.74 Å². The number of ether oxygens (including phenoxy) is 1. The molecule has 0 aliphatic carbocycles. The lowest BCUT2D eigenvalue weighted by atomic mass is 9.93. The van der Waals surface area contributed by atoms with Crippen molar-refractivity contribution in [1.29, 1.82) is 0 Å². The fourth-order valence-corrected chi connectivity index (χ4v) is 2.14. The minimum absolute atomic E-state index is 0. The number of aliphatic imine (C=N–C) groups is 1. The van der Waals surface area contributed by atoms with Crippen LogP contribution < -0.4 is 10.6 Å². The van der Waals surface area contributed by atoms with Crippen LogP contribution in [-0.4, -0.2) is 64.9 Å². The monoisotopic (exact) mass is 414 g/mol. The predicted molar refractivity (Wildman–Crippen MR) is 103 cm³/mol. The standard InChI is InChI=1S/C15H34N4O.HI/c1-7-20-11-9-8-10-17-14(16-4)18-12-15(2,3)13-19(5)6;/h7-13H2,1-6H3,(H2,16,17,18);1H. The summed E-state index contributed by atoms with van der Waals surface area (Å²) >= 11 is 0. The van der Waals surface area contributed by atoms with Crippen LogP contribution in [-0.2, 0) is 4.74 Å². The first-order valence-electron chi connectivity index (χ1n) is 7.58. The van der Waals surface area contributed by atoms with Gasteiger partial charge in [-0.1, -0.05) is 13.8 Å². The van der Waals surface area contributed by atoms with Crippen LogP contribution in [0.1, 0.15) is 33.6 Å². The molecule has 0 spiro atoms. The molecule has 0 rings (SSSR count). The lowest BCUT2D eigenvalue weighted by molar-refractivity contribution is 0.143. The van der Waals surface area contributed by atoms with Crippen LogP contribution >= 0.6 is 24.0 Å². The van der Waals surface area contributed by atoms with Gasteiger partial charge >= 0.3 is 0 Å². The first-order chi connectivity index (χ1) is 9.41. The zero-order valence-electron chi connectivity index (χ0n) is 14.7. The van der Waals surface area contributed by atoms with Crippen LogP contribution in [0.4, 0.5) is 0 Å². The second kappa shape index (κ2) is 13.6. The summed E-state index contributed by atoms with van der Waals surface area (Å²) in [6.07, 6.45) is 2.19. The predicted octanol–water partition coefficient (Wildman–Crippen LogP) is 2.17. The van der Waals surface area contributed by atoms with E-state index in [1.54, 1.807) is 0 Å². The molecule has 6 heteroatoms. The molecule has 0 saturated heterocycles. The molecule has 0 atom stereocenters. The largest absolute Gasteiger partial charge is 0.382 e. The zero-order chi connectivity index (χ0) is 15.4. The van der Waals surface area contributed by atoms with Crippen LogP contribution in [0, 0.1) is 5.41 Å². The third kappa shape index (κ3) is 14.6. The normalized spacial score (nSPS) is 12.2.